The van der Waals surface area contributed by atoms with Crippen LogP contribution in [0.4, 0.5) is 5.13 Å². The molecule has 0 bridgehead atoms. The van der Waals surface area contributed by atoms with Gasteiger partial charge in [0.2, 0.25) is 0 Å². The normalized spacial score (nSPS) is 15.2. The molecule has 7 heteroatoms. The lowest BCUT2D eigenvalue weighted by Crippen LogP contribution is -2.35. The van der Waals surface area contributed by atoms with E-state index in [-0.39, 0.29) is 5.91 Å². The molecule has 0 saturated carbocycles. The first-order chi connectivity index (χ1) is 10.0. The monoisotopic (exact) mass is 385 g/mol. The van der Waals surface area contributed by atoms with Gasteiger partial charge >= 0.3 is 0 Å². The maximum Gasteiger partial charge on any atom is 0.259 e. The number of halogens is 1. The van der Waals surface area contributed by atoms with E-state index in [0.717, 1.165) is 29.0 Å². The van der Waals surface area contributed by atoms with Gasteiger partial charge in [-0.25, -0.2) is 4.98 Å². The number of hydrogen-bond donors (Lipinski definition) is 1. The van der Waals surface area contributed by atoms with Crippen molar-refractivity contribution in [3.63, 3.8) is 0 Å². The van der Waals surface area contributed by atoms with Crippen LogP contribution in [0.2, 0.25) is 0 Å². The maximum absolute atomic E-state index is 12.2. The Morgan fingerprint density at radius 2 is 2.33 bits per heavy atom. The zero-order valence-electron chi connectivity index (χ0n) is 11.9. The summed E-state index contributed by atoms with van der Waals surface area (Å²) in [5, 5.41) is 5.51. The Bertz CT molecular complexity index is 665. The van der Waals surface area contributed by atoms with Crippen molar-refractivity contribution in [1.82, 2.24) is 9.88 Å². The Balaban J connectivity index is 1.74. The molecule has 0 atom stereocenters. The highest BCUT2D eigenvalue weighted by Gasteiger charge is 2.23. The zero-order chi connectivity index (χ0) is 15.0. The minimum Gasteiger partial charge on any atom is -0.298 e. The van der Waals surface area contributed by atoms with Gasteiger partial charge in [-0.05, 0) is 41.2 Å². The molecule has 2 aromatic rings. The van der Waals surface area contributed by atoms with Crippen LogP contribution in [0.15, 0.2) is 15.2 Å². The van der Waals surface area contributed by atoms with Crippen LogP contribution in [0, 0.1) is 0 Å². The standard InChI is InChI=1S/C14H16BrN3OS2/c1-8(2)18-5-3-10-11(7-18)21-14(16-10)17-13(19)9-4-6-20-12(9)15/h4,6,8H,3,5,7H2,1-2H3,(H,16,17,19). The van der Waals surface area contributed by atoms with Gasteiger partial charge in [-0.1, -0.05) is 0 Å². The maximum atomic E-state index is 12.2. The predicted octanol–water partition coefficient (Wildman–Crippen LogP) is 3.99. The molecule has 0 radical (unpaired) electrons. The lowest BCUT2D eigenvalue weighted by Gasteiger charge is -2.29. The second-order valence-electron chi connectivity index (χ2n) is 5.27. The molecule has 0 fully saturated rings. The third-order valence-corrected chi connectivity index (χ3v) is 6.26. The van der Waals surface area contributed by atoms with Crippen LogP contribution < -0.4 is 5.32 Å². The fourth-order valence-corrected chi connectivity index (χ4v) is 4.61. The van der Waals surface area contributed by atoms with Gasteiger partial charge in [-0.15, -0.1) is 22.7 Å². The third kappa shape index (κ3) is 3.21. The van der Waals surface area contributed by atoms with Gasteiger partial charge in [0.1, 0.15) is 0 Å². The largest absolute Gasteiger partial charge is 0.298 e. The predicted molar refractivity (Wildman–Crippen MR) is 91.3 cm³/mol. The highest BCUT2D eigenvalue weighted by Crippen LogP contribution is 2.30. The van der Waals surface area contributed by atoms with Crippen LogP contribution in [0.25, 0.3) is 0 Å². The molecule has 112 valence electrons. The Labute approximate surface area is 140 Å². The first kappa shape index (κ1) is 15.1. The highest BCUT2D eigenvalue weighted by atomic mass is 79.9. The summed E-state index contributed by atoms with van der Waals surface area (Å²) in [7, 11) is 0. The number of rotatable bonds is 3. The summed E-state index contributed by atoms with van der Waals surface area (Å²) in [4.78, 5) is 20.5. The Hall–Kier alpha value is -0.760. The molecule has 0 aromatic carbocycles. The first-order valence-corrected chi connectivity index (χ1v) is 9.30. The second kappa shape index (κ2) is 6.16. The number of nitrogens with one attached hydrogen (secondary N) is 1. The highest BCUT2D eigenvalue weighted by molar-refractivity contribution is 9.11. The molecule has 2 aromatic heterocycles. The fourth-order valence-electron chi connectivity index (χ4n) is 2.33. The van der Waals surface area contributed by atoms with Crippen LogP contribution in [0.3, 0.4) is 0 Å². The van der Waals surface area contributed by atoms with Crippen molar-refractivity contribution < 1.29 is 4.79 Å². The van der Waals surface area contributed by atoms with Gasteiger partial charge in [-0.2, -0.15) is 0 Å². The van der Waals surface area contributed by atoms with E-state index < -0.39 is 0 Å². The molecule has 1 N–H and O–H groups in total. The number of thiazole rings is 1. The molecule has 1 aliphatic heterocycles. The van der Waals surface area contributed by atoms with Gasteiger partial charge in [0.05, 0.1) is 15.0 Å². The Morgan fingerprint density at radius 3 is 3.00 bits per heavy atom. The van der Waals surface area contributed by atoms with Crippen LogP contribution in [0.5, 0.6) is 0 Å². The molecule has 0 saturated heterocycles. The number of hydrogen-bond acceptors (Lipinski definition) is 5. The van der Waals surface area contributed by atoms with Crippen molar-refractivity contribution >= 4 is 49.6 Å². The van der Waals surface area contributed by atoms with Crippen LogP contribution in [-0.4, -0.2) is 28.4 Å². The summed E-state index contributed by atoms with van der Waals surface area (Å²) >= 11 is 6.49. The molecular weight excluding hydrogens is 370 g/mol. The lowest BCUT2D eigenvalue weighted by molar-refractivity contribution is 0.102. The molecule has 0 unspecified atom stereocenters. The minimum absolute atomic E-state index is 0.102. The molecule has 21 heavy (non-hydrogen) atoms. The summed E-state index contributed by atoms with van der Waals surface area (Å²) in [6, 6.07) is 2.36. The van der Waals surface area contributed by atoms with E-state index in [1.54, 1.807) is 11.3 Å². The molecule has 4 nitrogen and oxygen atoms in total. The Kier molecular flexibility index (Phi) is 4.44. The van der Waals surface area contributed by atoms with E-state index in [0.29, 0.717) is 16.7 Å². The third-order valence-electron chi connectivity index (χ3n) is 3.57. The molecule has 0 aliphatic carbocycles. The van der Waals surface area contributed by atoms with E-state index in [4.69, 9.17) is 0 Å². The topological polar surface area (TPSA) is 45.2 Å². The first-order valence-electron chi connectivity index (χ1n) is 6.81. The van der Waals surface area contributed by atoms with Crippen LogP contribution >= 0.6 is 38.6 Å². The van der Waals surface area contributed by atoms with Gasteiger partial charge in [0.25, 0.3) is 5.91 Å². The molecular formula is C14H16BrN3OS2. The van der Waals surface area contributed by atoms with Gasteiger partial charge in [0, 0.05) is 30.4 Å². The molecule has 1 amide bonds. The van der Waals surface area contributed by atoms with Gasteiger partial charge < -0.3 is 0 Å². The number of nitrogens with zero attached hydrogens (tertiary/aromatic N) is 2. The SMILES string of the molecule is CC(C)N1CCc2nc(NC(=O)c3ccsc3Br)sc2C1. The van der Waals surface area contributed by atoms with E-state index >= 15 is 0 Å². The number of carbonyl (C=O) groups is 1. The zero-order valence-corrected chi connectivity index (χ0v) is 15.1. The summed E-state index contributed by atoms with van der Waals surface area (Å²) in [5.74, 6) is -0.102. The quantitative estimate of drug-likeness (QED) is 0.868. The van der Waals surface area contributed by atoms with Crippen molar-refractivity contribution in [2.75, 3.05) is 11.9 Å². The van der Waals surface area contributed by atoms with E-state index in [1.165, 1.54) is 16.2 Å². The molecule has 3 rings (SSSR count). The fraction of sp³-hybridized carbons (Fsp3) is 0.429. The Morgan fingerprint density at radius 1 is 1.52 bits per heavy atom. The van der Waals surface area contributed by atoms with E-state index in [9.17, 15) is 4.79 Å². The van der Waals surface area contributed by atoms with Gasteiger partial charge in [-0.3, -0.25) is 15.0 Å². The van der Waals surface area contributed by atoms with Crippen molar-refractivity contribution in [3.8, 4) is 0 Å². The average molecular weight is 386 g/mol. The van der Waals surface area contributed by atoms with Crippen molar-refractivity contribution in [2.24, 2.45) is 0 Å². The summed E-state index contributed by atoms with van der Waals surface area (Å²) in [6.07, 6.45) is 0.960. The van der Waals surface area contributed by atoms with Crippen LogP contribution in [0.1, 0.15) is 34.8 Å². The average Bonchev–Trinajstić information content (AvgIpc) is 3.02. The smallest absolute Gasteiger partial charge is 0.259 e. The number of amides is 1. The van der Waals surface area contributed by atoms with Crippen LogP contribution in [-0.2, 0) is 13.0 Å². The summed E-state index contributed by atoms with van der Waals surface area (Å²) in [5.41, 5.74) is 1.80. The second-order valence-corrected chi connectivity index (χ2v) is 8.58. The molecule has 0 spiro atoms. The number of thiophene rings is 1. The van der Waals surface area contributed by atoms with Gasteiger partial charge in [0.15, 0.2) is 5.13 Å². The summed E-state index contributed by atoms with van der Waals surface area (Å²) < 4.78 is 0.854. The number of anilines is 1. The van der Waals surface area contributed by atoms with E-state index in [1.807, 2.05) is 11.4 Å². The number of carbonyl (C=O) groups excluding carboxylic acids is 1. The van der Waals surface area contributed by atoms with Crippen molar-refractivity contribution in [2.45, 2.75) is 32.9 Å². The van der Waals surface area contributed by atoms with Crippen molar-refractivity contribution in [1.29, 1.82) is 0 Å². The number of aromatic nitrogens is 1. The number of fused-ring (bicyclic) bond motifs is 1. The lowest BCUT2D eigenvalue weighted by atomic mass is 10.1. The molecule has 3 heterocycles. The molecule has 1 aliphatic rings. The minimum atomic E-state index is -0.102. The van der Waals surface area contributed by atoms with E-state index in [2.05, 4.69) is 45.0 Å². The summed E-state index contributed by atoms with van der Waals surface area (Å²) in [6.45, 7) is 6.40. The van der Waals surface area contributed by atoms with Crippen molar-refractivity contribution in [3.05, 3.63) is 31.4 Å².